The lowest BCUT2D eigenvalue weighted by Crippen LogP contribution is -2.23. The summed E-state index contributed by atoms with van der Waals surface area (Å²) in [6.07, 6.45) is 4.42. The maximum Gasteiger partial charge on any atom is 0.237 e. The van der Waals surface area contributed by atoms with Crippen LogP contribution in [0.2, 0.25) is 0 Å². The lowest BCUT2D eigenvalue weighted by Gasteiger charge is -2.13. The van der Waals surface area contributed by atoms with Gasteiger partial charge in [0.2, 0.25) is 5.91 Å². The zero-order valence-corrected chi connectivity index (χ0v) is 17.5. The van der Waals surface area contributed by atoms with Crippen molar-refractivity contribution < 1.29 is 4.79 Å². The second-order valence-corrected chi connectivity index (χ2v) is 8.18. The van der Waals surface area contributed by atoms with Gasteiger partial charge in [0.25, 0.3) is 0 Å². The molecule has 1 amide bonds. The summed E-state index contributed by atoms with van der Waals surface area (Å²) in [4.78, 5) is 16.6. The molecule has 8 heteroatoms. The standard InChI is InChI=1S/C19H20BrN5OS/c1-3-11-25-17(14-7-9-21-10-8-14)23-24-19(25)27-13(2)18(26)22-16-6-4-5-15(20)12-16/h4-10,12-13H,3,11H2,1-2H3,(H,22,26). The summed E-state index contributed by atoms with van der Waals surface area (Å²) in [5.41, 5.74) is 1.72. The second-order valence-electron chi connectivity index (χ2n) is 5.95. The van der Waals surface area contributed by atoms with Crippen molar-refractivity contribution in [3.63, 3.8) is 0 Å². The minimum Gasteiger partial charge on any atom is -0.325 e. The molecule has 1 atom stereocenters. The molecular formula is C19H20BrN5OS. The van der Waals surface area contributed by atoms with Crippen LogP contribution < -0.4 is 5.32 Å². The summed E-state index contributed by atoms with van der Waals surface area (Å²) in [6, 6.07) is 11.4. The van der Waals surface area contributed by atoms with E-state index in [0.29, 0.717) is 0 Å². The predicted molar refractivity (Wildman–Crippen MR) is 112 cm³/mol. The van der Waals surface area contributed by atoms with Crippen molar-refractivity contribution in [1.82, 2.24) is 19.7 Å². The van der Waals surface area contributed by atoms with E-state index >= 15 is 0 Å². The number of carbonyl (C=O) groups is 1. The maximum atomic E-state index is 12.6. The van der Waals surface area contributed by atoms with E-state index in [1.54, 1.807) is 12.4 Å². The second kappa shape index (κ2) is 9.14. The van der Waals surface area contributed by atoms with Gasteiger partial charge in [-0.05, 0) is 43.7 Å². The minimum absolute atomic E-state index is 0.0744. The number of amides is 1. The van der Waals surface area contributed by atoms with E-state index in [2.05, 4.69) is 47.9 Å². The summed E-state index contributed by atoms with van der Waals surface area (Å²) in [6.45, 7) is 4.76. The Bertz CT molecular complexity index is 915. The average Bonchev–Trinajstić information content (AvgIpc) is 3.05. The lowest BCUT2D eigenvalue weighted by atomic mass is 10.2. The highest BCUT2D eigenvalue weighted by molar-refractivity contribution is 9.10. The third kappa shape index (κ3) is 4.95. The Labute approximate surface area is 170 Å². The Kier molecular flexibility index (Phi) is 6.63. The molecule has 0 saturated heterocycles. The molecule has 6 nitrogen and oxygen atoms in total. The van der Waals surface area contributed by atoms with Crippen molar-refractivity contribution in [3.05, 3.63) is 53.3 Å². The highest BCUT2D eigenvalue weighted by Gasteiger charge is 2.20. The van der Waals surface area contributed by atoms with Gasteiger partial charge in [0.1, 0.15) is 0 Å². The van der Waals surface area contributed by atoms with Gasteiger partial charge in [0, 0.05) is 34.7 Å². The molecule has 2 aromatic heterocycles. The fourth-order valence-corrected chi connectivity index (χ4v) is 3.81. The van der Waals surface area contributed by atoms with Gasteiger partial charge in [-0.15, -0.1) is 10.2 Å². The molecule has 2 heterocycles. The molecular weight excluding hydrogens is 426 g/mol. The van der Waals surface area contributed by atoms with Crippen LogP contribution in [0.25, 0.3) is 11.4 Å². The number of hydrogen-bond donors (Lipinski definition) is 1. The summed E-state index contributed by atoms with van der Waals surface area (Å²) >= 11 is 4.82. The molecule has 1 aromatic carbocycles. The zero-order valence-electron chi connectivity index (χ0n) is 15.1. The van der Waals surface area contributed by atoms with Crippen LogP contribution in [0.4, 0.5) is 5.69 Å². The van der Waals surface area contributed by atoms with E-state index in [-0.39, 0.29) is 11.2 Å². The van der Waals surface area contributed by atoms with Gasteiger partial charge in [-0.2, -0.15) is 0 Å². The molecule has 3 rings (SSSR count). The molecule has 0 saturated carbocycles. The number of aromatic nitrogens is 4. The first-order valence-electron chi connectivity index (χ1n) is 8.65. The summed E-state index contributed by atoms with van der Waals surface area (Å²) in [5, 5.41) is 12.0. The largest absolute Gasteiger partial charge is 0.325 e. The van der Waals surface area contributed by atoms with Gasteiger partial charge in [-0.25, -0.2) is 0 Å². The van der Waals surface area contributed by atoms with Gasteiger partial charge in [-0.1, -0.05) is 40.7 Å². The molecule has 27 heavy (non-hydrogen) atoms. The predicted octanol–water partition coefficient (Wildman–Crippen LogP) is 4.63. The Morgan fingerprint density at radius 1 is 1.26 bits per heavy atom. The first-order chi connectivity index (χ1) is 13.1. The Balaban J connectivity index is 1.76. The minimum atomic E-state index is -0.311. The fourth-order valence-electron chi connectivity index (χ4n) is 2.54. The van der Waals surface area contributed by atoms with Gasteiger partial charge in [0.05, 0.1) is 5.25 Å². The van der Waals surface area contributed by atoms with Crippen molar-refractivity contribution in [2.75, 3.05) is 5.32 Å². The van der Waals surface area contributed by atoms with E-state index in [1.807, 2.05) is 43.3 Å². The SMILES string of the molecule is CCCn1c(SC(C)C(=O)Nc2cccc(Br)c2)nnc1-c1ccncc1. The van der Waals surface area contributed by atoms with Crippen LogP contribution in [-0.4, -0.2) is 30.9 Å². The van der Waals surface area contributed by atoms with Crippen LogP contribution >= 0.6 is 27.7 Å². The first kappa shape index (κ1) is 19.6. The number of nitrogens with one attached hydrogen (secondary N) is 1. The summed E-state index contributed by atoms with van der Waals surface area (Å²) < 4.78 is 2.98. The number of thioether (sulfide) groups is 1. The van der Waals surface area contributed by atoms with Crippen molar-refractivity contribution in [2.45, 2.75) is 37.2 Å². The highest BCUT2D eigenvalue weighted by atomic mass is 79.9. The molecule has 0 aliphatic heterocycles. The molecule has 140 valence electrons. The fraction of sp³-hybridized carbons (Fsp3) is 0.263. The van der Waals surface area contributed by atoms with Crippen LogP contribution in [0, 0.1) is 0 Å². The molecule has 0 spiro atoms. The van der Waals surface area contributed by atoms with Gasteiger partial charge in [-0.3, -0.25) is 9.78 Å². The molecule has 0 aliphatic rings. The number of anilines is 1. The number of nitrogens with zero attached hydrogens (tertiary/aromatic N) is 4. The Morgan fingerprint density at radius 2 is 2.04 bits per heavy atom. The highest BCUT2D eigenvalue weighted by Crippen LogP contribution is 2.27. The molecule has 1 unspecified atom stereocenters. The molecule has 0 bridgehead atoms. The number of hydrogen-bond acceptors (Lipinski definition) is 5. The molecule has 1 N–H and O–H groups in total. The summed E-state index contributed by atoms with van der Waals surface area (Å²) in [7, 11) is 0. The number of halogens is 1. The Hall–Kier alpha value is -2.19. The third-order valence-electron chi connectivity index (χ3n) is 3.85. The quantitative estimate of drug-likeness (QED) is 0.536. The van der Waals surface area contributed by atoms with Crippen LogP contribution in [0.5, 0.6) is 0 Å². The first-order valence-corrected chi connectivity index (χ1v) is 10.3. The van der Waals surface area contributed by atoms with Crippen molar-refractivity contribution in [1.29, 1.82) is 0 Å². The Morgan fingerprint density at radius 3 is 2.74 bits per heavy atom. The van der Waals surface area contributed by atoms with E-state index in [1.165, 1.54) is 11.8 Å². The molecule has 0 aliphatic carbocycles. The number of benzene rings is 1. The monoisotopic (exact) mass is 445 g/mol. The van der Waals surface area contributed by atoms with E-state index in [0.717, 1.165) is 39.7 Å². The number of rotatable bonds is 7. The van der Waals surface area contributed by atoms with E-state index < -0.39 is 0 Å². The number of carbonyl (C=O) groups excluding carboxylic acids is 1. The van der Waals surface area contributed by atoms with Crippen molar-refractivity contribution in [2.24, 2.45) is 0 Å². The van der Waals surface area contributed by atoms with Crippen LogP contribution in [0.15, 0.2) is 58.4 Å². The van der Waals surface area contributed by atoms with Gasteiger partial charge < -0.3 is 9.88 Å². The lowest BCUT2D eigenvalue weighted by molar-refractivity contribution is -0.115. The van der Waals surface area contributed by atoms with Crippen molar-refractivity contribution in [3.8, 4) is 11.4 Å². The van der Waals surface area contributed by atoms with Gasteiger partial charge in [0.15, 0.2) is 11.0 Å². The summed E-state index contributed by atoms with van der Waals surface area (Å²) in [5.74, 6) is 0.718. The maximum absolute atomic E-state index is 12.6. The molecule has 0 fully saturated rings. The van der Waals surface area contributed by atoms with Crippen LogP contribution in [0.3, 0.4) is 0 Å². The molecule has 0 radical (unpaired) electrons. The molecule has 3 aromatic rings. The van der Waals surface area contributed by atoms with Crippen LogP contribution in [0.1, 0.15) is 20.3 Å². The normalized spacial score (nSPS) is 12.0. The average molecular weight is 446 g/mol. The topological polar surface area (TPSA) is 72.7 Å². The van der Waals surface area contributed by atoms with Crippen molar-refractivity contribution >= 4 is 39.3 Å². The van der Waals surface area contributed by atoms with Crippen LogP contribution in [-0.2, 0) is 11.3 Å². The third-order valence-corrected chi connectivity index (χ3v) is 5.42. The number of pyridine rings is 1. The van der Waals surface area contributed by atoms with E-state index in [9.17, 15) is 4.79 Å². The zero-order chi connectivity index (χ0) is 19.2. The van der Waals surface area contributed by atoms with E-state index in [4.69, 9.17) is 0 Å². The van der Waals surface area contributed by atoms with Gasteiger partial charge >= 0.3 is 0 Å². The smallest absolute Gasteiger partial charge is 0.237 e.